The molecule has 0 spiro atoms. The lowest BCUT2D eigenvalue weighted by molar-refractivity contribution is -0.132. The molecule has 0 saturated carbocycles. The van der Waals surface area contributed by atoms with Gasteiger partial charge in [0.05, 0.1) is 36.1 Å². The van der Waals surface area contributed by atoms with Crippen LogP contribution in [0.4, 0.5) is 5.69 Å². The van der Waals surface area contributed by atoms with Gasteiger partial charge in [-0.05, 0) is 48.5 Å². The summed E-state index contributed by atoms with van der Waals surface area (Å²) < 4.78 is 15.8. The molecule has 1 N–H and O–H groups in total. The van der Waals surface area contributed by atoms with E-state index in [2.05, 4.69) is 0 Å². The van der Waals surface area contributed by atoms with Crippen LogP contribution in [0, 0.1) is 0 Å². The normalized spacial score (nSPS) is 17.6. The SMILES string of the molecule is COc1ccc(/C(O)=C2/C(=O)C(=O)N(c3ccc(OC)c(Cl)c3)C2c2ccco2)cc1Cl. The van der Waals surface area contributed by atoms with E-state index >= 15 is 0 Å². The van der Waals surface area contributed by atoms with Crippen LogP contribution in [-0.2, 0) is 9.59 Å². The molecule has 1 atom stereocenters. The first kappa shape index (κ1) is 21.8. The lowest BCUT2D eigenvalue weighted by Gasteiger charge is -2.24. The van der Waals surface area contributed by atoms with Crippen LogP contribution in [-0.4, -0.2) is 31.0 Å². The van der Waals surface area contributed by atoms with E-state index in [1.165, 1.54) is 43.6 Å². The van der Waals surface area contributed by atoms with Crippen molar-refractivity contribution in [2.75, 3.05) is 19.1 Å². The van der Waals surface area contributed by atoms with Gasteiger partial charge in [-0.15, -0.1) is 0 Å². The summed E-state index contributed by atoms with van der Waals surface area (Å²) in [6.07, 6.45) is 1.42. The predicted octanol–water partition coefficient (Wildman–Crippen LogP) is 5.23. The van der Waals surface area contributed by atoms with E-state index in [1.54, 1.807) is 30.3 Å². The van der Waals surface area contributed by atoms with Crippen molar-refractivity contribution in [2.45, 2.75) is 6.04 Å². The van der Waals surface area contributed by atoms with Gasteiger partial charge in [-0.1, -0.05) is 23.2 Å². The van der Waals surface area contributed by atoms with Gasteiger partial charge in [-0.3, -0.25) is 14.5 Å². The molecule has 1 aliphatic rings. The zero-order valence-electron chi connectivity index (χ0n) is 17.0. The first-order valence-corrected chi connectivity index (χ1v) is 10.1. The third-order valence-electron chi connectivity index (χ3n) is 5.10. The van der Waals surface area contributed by atoms with Crippen molar-refractivity contribution in [1.82, 2.24) is 0 Å². The maximum atomic E-state index is 13.1. The Balaban J connectivity index is 1.90. The van der Waals surface area contributed by atoms with Gasteiger partial charge in [-0.2, -0.15) is 0 Å². The highest BCUT2D eigenvalue weighted by molar-refractivity contribution is 6.51. The van der Waals surface area contributed by atoms with Gasteiger partial charge < -0.3 is 19.0 Å². The fraction of sp³-hybridized carbons (Fsp3) is 0.130. The Bertz CT molecular complexity index is 1240. The van der Waals surface area contributed by atoms with Gasteiger partial charge in [0.15, 0.2) is 0 Å². The number of carbonyl (C=O) groups excluding carboxylic acids is 2. The Morgan fingerprint density at radius 1 is 1.00 bits per heavy atom. The fourth-order valence-electron chi connectivity index (χ4n) is 3.59. The number of aliphatic hydroxyl groups excluding tert-OH is 1. The molecular formula is C23H17Cl2NO6. The van der Waals surface area contributed by atoms with Gasteiger partial charge >= 0.3 is 0 Å². The number of ether oxygens (including phenoxy) is 2. The van der Waals surface area contributed by atoms with Crippen LogP contribution in [0.3, 0.4) is 0 Å². The Kier molecular flexibility index (Phi) is 5.86. The zero-order valence-corrected chi connectivity index (χ0v) is 18.5. The number of methoxy groups -OCH3 is 2. The van der Waals surface area contributed by atoms with Crippen LogP contribution in [0.5, 0.6) is 11.5 Å². The van der Waals surface area contributed by atoms with Gasteiger partial charge in [0, 0.05) is 11.3 Å². The van der Waals surface area contributed by atoms with Crippen LogP contribution in [0.15, 0.2) is 64.8 Å². The second-order valence-corrected chi connectivity index (χ2v) is 7.67. The number of hydrogen-bond donors (Lipinski definition) is 1. The molecule has 4 rings (SSSR count). The molecule has 0 radical (unpaired) electrons. The fourth-order valence-corrected chi connectivity index (χ4v) is 4.10. The quantitative estimate of drug-likeness (QED) is 0.310. The van der Waals surface area contributed by atoms with E-state index in [9.17, 15) is 14.7 Å². The van der Waals surface area contributed by atoms with Crippen molar-refractivity contribution >= 4 is 46.3 Å². The van der Waals surface area contributed by atoms with Crippen LogP contribution in [0.25, 0.3) is 5.76 Å². The number of amides is 1. The molecule has 164 valence electrons. The van der Waals surface area contributed by atoms with Crippen LogP contribution in [0.1, 0.15) is 17.4 Å². The topological polar surface area (TPSA) is 89.2 Å². The number of Topliss-reactive ketones (excluding diaryl/α,β-unsaturated/α-hetero) is 1. The van der Waals surface area contributed by atoms with E-state index in [0.717, 1.165) is 0 Å². The number of hydrogen-bond acceptors (Lipinski definition) is 6. The number of ketones is 1. The summed E-state index contributed by atoms with van der Waals surface area (Å²) in [4.78, 5) is 27.3. The lowest BCUT2D eigenvalue weighted by Crippen LogP contribution is -2.29. The third-order valence-corrected chi connectivity index (χ3v) is 5.69. The lowest BCUT2D eigenvalue weighted by atomic mass is 9.99. The van der Waals surface area contributed by atoms with Crippen LogP contribution >= 0.6 is 23.2 Å². The summed E-state index contributed by atoms with van der Waals surface area (Å²) in [5, 5.41) is 11.6. The van der Waals surface area contributed by atoms with Crippen LogP contribution < -0.4 is 14.4 Å². The van der Waals surface area contributed by atoms with E-state index in [-0.39, 0.29) is 26.9 Å². The van der Waals surface area contributed by atoms with E-state index in [1.807, 2.05) is 0 Å². The van der Waals surface area contributed by atoms with Gasteiger partial charge in [0.2, 0.25) is 0 Å². The minimum Gasteiger partial charge on any atom is -0.507 e. The molecule has 0 bridgehead atoms. The Labute approximate surface area is 193 Å². The molecule has 1 aromatic heterocycles. The second kappa shape index (κ2) is 8.61. The number of anilines is 1. The zero-order chi connectivity index (χ0) is 23.0. The molecule has 0 aliphatic carbocycles. The molecule has 1 saturated heterocycles. The summed E-state index contributed by atoms with van der Waals surface area (Å²) in [6, 6.07) is 11.4. The number of carbonyl (C=O) groups is 2. The number of nitrogens with zero attached hydrogens (tertiary/aromatic N) is 1. The van der Waals surface area contributed by atoms with E-state index in [4.69, 9.17) is 37.1 Å². The maximum absolute atomic E-state index is 13.1. The molecule has 1 aliphatic heterocycles. The van der Waals surface area contributed by atoms with E-state index < -0.39 is 23.5 Å². The van der Waals surface area contributed by atoms with Crippen molar-refractivity contribution in [3.63, 3.8) is 0 Å². The first-order valence-electron chi connectivity index (χ1n) is 9.39. The molecule has 1 fully saturated rings. The molecular weight excluding hydrogens is 457 g/mol. The highest BCUT2D eigenvalue weighted by Gasteiger charge is 2.48. The Hall–Kier alpha value is -3.42. The number of rotatable bonds is 5. The minimum absolute atomic E-state index is 0.141. The summed E-state index contributed by atoms with van der Waals surface area (Å²) in [5.41, 5.74) is 0.447. The molecule has 1 amide bonds. The number of halogens is 2. The molecule has 32 heavy (non-hydrogen) atoms. The second-order valence-electron chi connectivity index (χ2n) is 6.85. The minimum atomic E-state index is -1.02. The third kappa shape index (κ3) is 3.59. The summed E-state index contributed by atoms with van der Waals surface area (Å²) >= 11 is 12.4. The molecule has 3 aromatic rings. The van der Waals surface area contributed by atoms with Gasteiger partial charge in [0.25, 0.3) is 11.7 Å². The van der Waals surface area contributed by atoms with Crippen LogP contribution in [0.2, 0.25) is 10.0 Å². The van der Waals surface area contributed by atoms with Gasteiger partial charge in [-0.25, -0.2) is 0 Å². The number of benzene rings is 2. The first-order chi connectivity index (χ1) is 15.4. The van der Waals surface area contributed by atoms with Crippen molar-refractivity contribution < 1.29 is 28.6 Å². The van der Waals surface area contributed by atoms with Crippen molar-refractivity contribution in [3.05, 3.63) is 81.7 Å². The number of furan rings is 1. The van der Waals surface area contributed by atoms with E-state index in [0.29, 0.717) is 17.2 Å². The highest BCUT2D eigenvalue weighted by Crippen LogP contribution is 2.44. The highest BCUT2D eigenvalue weighted by atomic mass is 35.5. The Morgan fingerprint density at radius 3 is 2.22 bits per heavy atom. The van der Waals surface area contributed by atoms with Gasteiger partial charge in [0.1, 0.15) is 29.1 Å². The standard InChI is InChI=1S/C23H17Cl2NO6/c1-30-16-7-5-12(10-14(16)24)21(27)19-20(18-4-3-9-32-18)26(23(29)22(19)28)13-6-8-17(31-2)15(25)11-13/h3-11,20,27H,1-2H3/b21-19-. The van der Waals surface area contributed by atoms with Crippen molar-refractivity contribution in [2.24, 2.45) is 0 Å². The number of aliphatic hydroxyl groups is 1. The molecule has 9 heteroatoms. The molecule has 7 nitrogen and oxygen atoms in total. The maximum Gasteiger partial charge on any atom is 0.300 e. The average molecular weight is 474 g/mol. The molecule has 1 unspecified atom stereocenters. The largest absolute Gasteiger partial charge is 0.507 e. The van der Waals surface area contributed by atoms with Crippen molar-refractivity contribution in [3.8, 4) is 11.5 Å². The smallest absolute Gasteiger partial charge is 0.300 e. The summed E-state index contributed by atoms with van der Waals surface area (Å²) in [7, 11) is 2.93. The van der Waals surface area contributed by atoms with Crippen molar-refractivity contribution in [1.29, 1.82) is 0 Å². The average Bonchev–Trinajstić information content (AvgIpc) is 3.40. The molecule has 2 aromatic carbocycles. The summed E-state index contributed by atoms with van der Waals surface area (Å²) in [5.74, 6) is -1.00. The summed E-state index contributed by atoms with van der Waals surface area (Å²) in [6.45, 7) is 0. The monoisotopic (exact) mass is 473 g/mol. The predicted molar refractivity (Wildman–Crippen MR) is 119 cm³/mol. The molecule has 2 heterocycles. The Morgan fingerprint density at radius 2 is 1.66 bits per heavy atom.